The Labute approximate surface area is 149 Å². The van der Waals surface area contributed by atoms with Crippen LogP contribution in [0.3, 0.4) is 0 Å². The third-order valence-electron chi connectivity index (χ3n) is 3.56. The average molecular weight is 355 g/mol. The first-order valence-corrected chi connectivity index (χ1v) is 7.92. The number of anilines is 1. The summed E-state index contributed by atoms with van der Waals surface area (Å²) >= 11 is 6.11. The Morgan fingerprint density at radius 2 is 1.72 bits per heavy atom. The number of halogens is 1. The Morgan fingerprint density at radius 1 is 1.04 bits per heavy atom. The van der Waals surface area contributed by atoms with Crippen LogP contribution in [0.4, 0.5) is 5.69 Å². The molecule has 0 aliphatic rings. The first kappa shape index (κ1) is 16.8. The molecule has 6 heteroatoms. The van der Waals surface area contributed by atoms with E-state index in [1.165, 1.54) is 10.6 Å². The summed E-state index contributed by atoms with van der Waals surface area (Å²) < 4.78 is 7.20. The zero-order valence-electron chi connectivity index (χ0n) is 13.4. The van der Waals surface area contributed by atoms with Crippen LogP contribution in [0.25, 0.3) is 0 Å². The Bertz CT molecular complexity index is 982. The Morgan fingerprint density at radius 3 is 2.44 bits per heavy atom. The van der Waals surface area contributed by atoms with Crippen molar-refractivity contribution >= 4 is 23.2 Å². The van der Waals surface area contributed by atoms with Crippen molar-refractivity contribution in [2.75, 3.05) is 5.32 Å². The van der Waals surface area contributed by atoms with Gasteiger partial charge in [0.1, 0.15) is 5.75 Å². The monoisotopic (exact) mass is 354 g/mol. The van der Waals surface area contributed by atoms with E-state index in [1.807, 2.05) is 6.07 Å². The van der Waals surface area contributed by atoms with Gasteiger partial charge in [0.05, 0.1) is 10.7 Å². The number of benzene rings is 2. The van der Waals surface area contributed by atoms with Crippen LogP contribution in [0.15, 0.2) is 71.7 Å². The van der Waals surface area contributed by atoms with Crippen LogP contribution in [-0.4, -0.2) is 10.5 Å². The van der Waals surface area contributed by atoms with E-state index in [2.05, 4.69) is 5.32 Å². The predicted molar refractivity (Wildman–Crippen MR) is 97.6 cm³/mol. The minimum atomic E-state index is -0.395. The number of carbonyl (C=O) groups is 1. The first-order chi connectivity index (χ1) is 12.0. The summed E-state index contributed by atoms with van der Waals surface area (Å²) in [6.07, 6.45) is 1.55. The highest BCUT2D eigenvalue weighted by atomic mass is 35.5. The number of hydrogen-bond acceptors (Lipinski definition) is 3. The molecule has 1 heterocycles. The number of nitrogens with one attached hydrogen (secondary N) is 1. The molecule has 2 aromatic carbocycles. The minimum absolute atomic E-state index is 0.256. The first-order valence-electron chi connectivity index (χ1n) is 7.54. The number of ether oxygens (including phenoxy) is 1. The van der Waals surface area contributed by atoms with Gasteiger partial charge in [-0.1, -0.05) is 35.9 Å². The number of nitrogens with zero attached hydrogens (tertiary/aromatic N) is 1. The number of para-hydroxylation sites is 3. The molecule has 0 saturated carbocycles. The molecule has 0 spiro atoms. The molecule has 0 unspecified atom stereocenters. The van der Waals surface area contributed by atoms with Crippen LogP contribution in [0, 0.1) is 0 Å². The summed E-state index contributed by atoms with van der Waals surface area (Å²) in [6.45, 7) is 0. The highest BCUT2D eigenvalue weighted by molar-refractivity contribution is 6.32. The van der Waals surface area contributed by atoms with Crippen LogP contribution in [0.1, 0.15) is 10.4 Å². The van der Waals surface area contributed by atoms with Gasteiger partial charge in [0.25, 0.3) is 11.5 Å². The standard InChI is InChI=1S/C19H15ClN2O3/c1-22-11-10-13(12-18(22)23)19(24)21-15-7-3-5-9-17(15)25-16-8-4-2-6-14(16)20/h2-12H,1H3,(H,21,24). The normalized spacial score (nSPS) is 10.3. The van der Waals surface area contributed by atoms with Gasteiger partial charge in [-0.2, -0.15) is 0 Å². The van der Waals surface area contributed by atoms with Crippen molar-refractivity contribution in [2.45, 2.75) is 0 Å². The molecular formula is C19H15ClN2O3. The van der Waals surface area contributed by atoms with Crippen molar-refractivity contribution in [2.24, 2.45) is 7.05 Å². The van der Waals surface area contributed by atoms with Crippen LogP contribution >= 0.6 is 11.6 Å². The summed E-state index contributed by atoms with van der Waals surface area (Å²) in [6, 6.07) is 16.9. The second-order valence-electron chi connectivity index (χ2n) is 5.35. The van der Waals surface area contributed by atoms with Crippen molar-refractivity contribution in [3.05, 3.63) is 87.8 Å². The zero-order chi connectivity index (χ0) is 17.8. The minimum Gasteiger partial charge on any atom is -0.454 e. The molecule has 0 bridgehead atoms. The van der Waals surface area contributed by atoms with E-state index in [4.69, 9.17) is 16.3 Å². The lowest BCUT2D eigenvalue weighted by Gasteiger charge is -2.13. The van der Waals surface area contributed by atoms with Crippen molar-refractivity contribution in [3.8, 4) is 11.5 Å². The Balaban J connectivity index is 1.86. The quantitative estimate of drug-likeness (QED) is 0.767. The molecule has 1 amide bonds. The third-order valence-corrected chi connectivity index (χ3v) is 3.87. The summed E-state index contributed by atoms with van der Waals surface area (Å²) in [5.74, 6) is 0.542. The fourth-order valence-corrected chi connectivity index (χ4v) is 2.36. The maximum Gasteiger partial charge on any atom is 0.256 e. The van der Waals surface area contributed by atoms with Gasteiger partial charge in [-0.25, -0.2) is 0 Å². The summed E-state index contributed by atoms with van der Waals surface area (Å²) in [5, 5.41) is 3.23. The fraction of sp³-hybridized carbons (Fsp3) is 0.0526. The fourth-order valence-electron chi connectivity index (χ4n) is 2.19. The number of carbonyl (C=O) groups excluding carboxylic acids is 1. The van der Waals surface area contributed by atoms with Gasteiger partial charge in [-0.15, -0.1) is 0 Å². The molecule has 0 fully saturated rings. The molecule has 1 aromatic heterocycles. The molecule has 0 saturated heterocycles. The number of aryl methyl sites for hydroxylation is 1. The second-order valence-corrected chi connectivity index (χ2v) is 5.75. The number of hydrogen-bond donors (Lipinski definition) is 1. The number of aromatic nitrogens is 1. The van der Waals surface area contributed by atoms with Gasteiger partial charge in [-0.05, 0) is 30.3 Å². The molecule has 1 N–H and O–H groups in total. The van der Waals surface area contributed by atoms with Gasteiger partial charge in [0.2, 0.25) is 0 Å². The van der Waals surface area contributed by atoms with E-state index in [-0.39, 0.29) is 11.1 Å². The summed E-state index contributed by atoms with van der Waals surface area (Å²) in [4.78, 5) is 24.1. The topological polar surface area (TPSA) is 60.3 Å². The Kier molecular flexibility index (Phi) is 4.86. The molecule has 5 nitrogen and oxygen atoms in total. The van der Waals surface area contributed by atoms with E-state index in [1.54, 1.807) is 61.8 Å². The molecule has 25 heavy (non-hydrogen) atoms. The van der Waals surface area contributed by atoms with Gasteiger partial charge in [-0.3, -0.25) is 9.59 Å². The smallest absolute Gasteiger partial charge is 0.256 e. The molecule has 0 radical (unpaired) electrons. The lowest BCUT2D eigenvalue weighted by molar-refractivity contribution is 0.102. The van der Waals surface area contributed by atoms with Crippen LogP contribution in [0.5, 0.6) is 11.5 Å². The number of amides is 1. The highest BCUT2D eigenvalue weighted by Crippen LogP contribution is 2.33. The maximum absolute atomic E-state index is 12.4. The molecule has 3 aromatic rings. The largest absolute Gasteiger partial charge is 0.454 e. The molecule has 3 rings (SSSR count). The van der Waals surface area contributed by atoms with Crippen LogP contribution < -0.4 is 15.6 Å². The molecule has 0 aliphatic heterocycles. The summed E-state index contributed by atoms with van der Waals surface area (Å²) in [7, 11) is 1.62. The van der Waals surface area contributed by atoms with Gasteiger partial charge >= 0.3 is 0 Å². The van der Waals surface area contributed by atoms with Gasteiger partial charge in [0, 0.05) is 24.9 Å². The molecule has 0 aliphatic carbocycles. The lowest BCUT2D eigenvalue weighted by Crippen LogP contribution is -2.20. The van der Waals surface area contributed by atoms with Gasteiger partial charge in [0.15, 0.2) is 5.75 Å². The number of pyridine rings is 1. The van der Waals surface area contributed by atoms with Crippen molar-refractivity contribution in [1.82, 2.24) is 4.57 Å². The van der Waals surface area contributed by atoms with Crippen molar-refractivity contribution in [1.29, 1.82) is 0 Å². The van der Waals surface area contributed by atoms with E-state index in [9.17, 15) is 9.59 Å². The zero-order valence-corrected chi connectivity index (χ0v) is 14.2. The maximum atomic E-state index is 12.4. The van der Waals surface area contributed by atoms with Gasteiger partial charge < -0.3 is 14.6 Å². The Hall–Kier alpha value is -3.05. The molecule has 126 valence electrons. The van der Waals surface area contributed by atoms with E-state index in [0.29, 0.717) is 22.2 Å². The number of rotatable bonds is 4. The third kappa shape index (κ3) is 3.89. The molecule has 0 atom stereocenters. The van der Waals surface area contributed by atoms with E-state index < -0.39 is 5.91 Å². The molecular weight excluding hydrogens is 340 g/mol. The van der Waals surface area contributed by atoms with Crippen molar-refractivity contribution in [3.63, 3.8) is 0 Å². The van der Waals surface area contributed by atoms with Crippen LogP contribution in [0.2, 0.25) is 5.02 Å². The average Bonchev–Trinajstić information content (AvgIpc) is 2.61. The summed E-state index contributed by atoms with van der Waals surface area (Å²) in [5.41, 5.74) is 0.497. The highest BCUT2D eigenvalue weighted by Gasteiger charge is 2.12. The lowest BCUT2D eigenvalue weighted by atomic mass is 10.2. The SMILES string of the molecule is Cn1ccc(C(=O)Nc2ccccc2Oc2ccccc2Cl)cc1=O. The predicted octanol–water partition coefficient (Wildman–Crippen LogP) is 4.08. The van der Waals surface area contributed by atoms with E-state index in [0.717, 1.165) is 0 Å². The van der Waals surface area contributed by atoms with Crippen LogP contribution in [-0.2, 0) is 7.05 Å². The van der Waals surface area contributed by atoms with E-state index >= 15 is 0 Å². The van der Waals surface area contributed by atoms with Crippen molar-refractivity contribution < 1.29 is 9.53 Å². The second kappa shape index (κ2) is 7.23.